The highest BCUT2D eigenvalue weighted by Crippen LogP contribution is 2.79. The monoisotopic (exact) mass is 323 g/mol. The molecule has 5 rings (SSSR count). The van der Waals surface area contributed by atoms with Gasteiger partial charge in [0.2, 0.25) is 0 Å². The van der Waals surface area contributed by atoms with E-state index in [4.69, 9.17) is 0 Å². The third-order valence-corrected chi connectivity index (χ3v) is 9.36. The first-order valence-electron chi connectivity index (χ1n) is 10.1. The molecular weight excluding hydrogens is 294 g/mol. The van der Waals surface area contributed by atoms with Crippen LogP contribution in [-0.4, -0.2) is 5.78 Å². The molecule has 0 radical (unpaired) electrons. The average Bonchev–Trinajstić information content (AvgIpc) is 3.31. The van der Waals surface area contributed by atoms with Crippen molar-refractivity contribution in [2.75, 3.05) is 0 Å². The second kappa shape index (κ2) is 4.54. The highest BCUT2D eigenvalue weighted by molar-refractivity contribution is 5.91. The molecule has 0 aromatic carbocycles. The number of carbonyl (C=O) groups is 1. The summed E-state index contributed by atoms with van der Waals surface area (Å²) in [5.41, 5.74) is 1.58. The molecule has 5 aliphatic rings. The van der Waals surface area contributed by atoms with Gasteiger partial charge in [0.15, 0.2) is 5.78 Å². The molecule has 0 heterocycles. The summed E-state index contributed by atoms with van der Waals surface area (Å²) in [5, 5.41) is 10.0. The van der Waals surface area contributed by atoms with Crippen LogP contribution in [0.3, 0.4) is 0 Å². The number of hydrogen-bond donors (Lipinski definition) is 0. The molecule has 0 aliphatic heterocycles. The van der Waals surface area contributed by atoms with Crippen molar-refractivity contribution >= 4 is 5.78 Å². The lowest BCUT2D eigenvalue weighted by atomic mass is 9.45. The summed E-state index contributed by atoms with van der Waals surface area (Å²) >= 11 is 0. The number of hydrogen-bond acceptors (Lipinski definition) is 2. The van der Waals surface area contributed by atoms with Crippen molar-refractivity contribution in [2.45, 2.75) is 59.3 Å². The Morgan fingerprint density at radius 2 is 2.04 bits per heavy atom. The molecule has 4 saturated carbocycles. The quantitative estimate of drug-likeness (QED) is 0.645. The van der Waals surface area contributed by atoms with Gasteiger partial charge in [0, 0.05) is 6.42 Å². The molecule has 2 heteroatoms. The summed E-state index contributed by atoms with van der Waals surface area (Å²) in [4.78, 5) is 11.9. The molecule has 0 N–H and O–H groups in total. The van der Waals surface area contributed by atoms with E-state index in [0.29, 0.717) is 23.5 Å². The molecule has 0 aromatic heterocycles. The Bertz CT molecular complexity index is 687. The zero-order valence-corrected chi connectivity index (χ0v) is 15.2. The topological polar surface area (TPSA) is 40.9 Å². The highest BCUT2D eigenvalue weighted by Gasteiger charge is 2.75. The van der Waals surface area contributed by atoms with Crippen LogP contribution in [0.2, 0.25) is 0 Å². The summed E-state index contributed by atoms with van der Waals surface area (Å²) in [6, 6.07) is 2.79. The van der Waals surface area contributed by atoms with Crippen molar-refractivity contribution in [1.82, 2.24) is 0 Å². The van der Waals surface area contributed by atoms with E-state index < -0.39 is 0 Å². The van der Waals surface area contributed by atoms with Gasteiger partial charge in [0.05, 0.1) is 11.5 Å². The molecule has 4 fully saturated rings. The fraction of sp³-hybridized carbons (Fsp3) is 0.818. The van der Waals surface area contributed by atoms with Gasteiger partial charge >= 0.3 is 0 Å². The Hall–Kier alpha value is -1.10. The number of fused-ring (bicyclic) bond motifs is 7. The van der Waals surface area contributed by atoms with E-state index in [-0.39, 0.29) is 10.8 Å². The van der Waals surface area contributed by atoms with E-state index in [0.717, 1.165) is 42.9 Å². The van der Waals surface area contributed by atoms with Crippen molar-refractivity contribution in [3.8, 4) is 6.07 Å². The zero-order valence-electron chi connectivity index (χ0n) is 15.2. The standard InChI is InChI=1S/C22H29NO/c1-12-8-13-9-14(24)4-5-15(13)16-6-7-21(2)20(19(12)16)17-10-18(17)22(21,3)11-23/h9,12,15-20H,4-8,10H2,1-3H3/t12?,15-,16+,17+,18-,19+,20-,21-,22-/m0/s1. The maximum absolute atomic E-state index is 11.9. The lowest BCUT2D eigenvalue weighted by Crippen LogP contribution is -2.52. The first kappa shape index (κ1) is 15.2. The van der Waals surface area contributed by atoms with Crippen LogP contribution >= 0.6 is 0 Å². The van der Waals surface area contributed by atoms with Gasteiger partial charge in [-0.2, -0.15) is 5.26 Å². The SMILES string of the molecule is CC1CC2=CC(=O)CC[C@@H]2[C@H]2CC[C@@]3(C)[C@@H]([C@@H]4C[C@@H]4[C@]3(C)C#N)[C@H]12. The third-order valence-electron chi connectivity index (χ3n) is 9.36. The van der Waals surface area contributed by atoms with Gasteiger partial charge in [0.25, 0.3) is 0 Å². The zero-order chi connectivity index (χ0) is 16.9. The van der Waals surface area contributed by atoms with Crippen molar-refractivity contribution < 1.29 is 4.79 Å². The van der Waals surface area contributed by atoms with Crippen molar-refractivity contribution in [2.24, 2.45) is 52.3 Å². The van der Waals surface area contributed by atoms with Crippen molar-refractivity contribution in [3.05, 3.63) is 11.6 Å². The maximum atomic E-state index is 11.9. The van der Waals surface area contributed by atoms with E-state index in [1.165, 1.54) is 24.8 Å². The van der Waals surface area contributed by atoms with E-state index in [1.54, 1.807) is 0 Å². The summed E-state index contributed by atoms with van der Waals surface area (Å²) in [5.74, 6) is 5.47. The molecule has 0 saturated heterocycles. The summed E-state index contributed by atoms with van der Waals surface area (Å²) in [7, 11) is 0. The molecular formula is C22H29NO. The van der Waals surface area contributed by atoms with Gasteiger partial charge in [0.1, 0.15) is 0 Å². The smallest absolute Gasteiger partial charge is 0.155 e. The van der Waals surface area contributed by atoms with Gasteiger partial charge in [-0.05, 0) is 91.9 Å². The molecule has 9 atom stereocenters. The van der Waals surface area contributed by atoms with Crippen LogP contribution in [0.15, 0.2) is 11.6 Å². The molecule has 1 unspecified atom stereocenters. The number of allylic oxidation sites excluding steroid dienone is 1. The van der Waals surface area contributed by atoms with E-state index in [9.17, 15) is 10.1 Å². The lowest BCUT2D eigenvalue weighted by Gasteiger charge is -2.58. The third kappa shape index (κ3) is 1.60. The second-order valence-corrected chi connectivity index (χ2v) is 10.1. The molecule has 0 amide bonds. The van der Waals surface area contributed by atoms with E-state index >= 15 is 0 Å². The van der Waals surface area contributed by atoms with Crippen LogP contribution in [0.1, 0.15) is 59.3 Å². The molecule has 2 nitrogen and oxygen atoms in total. The van der Waals surface area contributed by atoms with Crippen molar-refractivity contribution in [1.29, 1.82) is 5.26 Å². The van der Waals surface area contributed by atoms with Crippen LogP contribution in [0.25, 0.3) is 0 Å². The van der Waals surface area contributed by atoms with E-state index in [2.05, 4.69) is 26.8 Å². The minimum atomic E-state index is -0.105. The predicted octanol–water partition coefficient (Wildman–Crippen LogP) is 4.76. The molecule has 5 aliphatic carbocycles. The molecule has 0 spiro atoms. The Balaban J connectivity index is 1.55. The van der Waals surface area contributed by atoms with E-state index in [1.807, 2.05) is 6.08 Å². The molecule has 128 valence electrons. The van der Waals surface area contributed by atoms with Crippen LogP contribution in [0.5, 0.6) is 0 Å². The molecule has 24 heavy (non-hydrogen) atoms. The average molecular weight is 323 g/mol. The van der Waals surface area contributed by atoms with Gasteiger partial charge in [-0.1, -0.05) is 19.4 Å². The molecule has 0 aromatic rings. The number of rotatable bonds is 0. The molecule has 0 bridgehead atoms. The van der Waals surface area contributed by atoms with Crippen LogP contribution in [0, 0.1) is 63.6 Å². The van der Waals surface area contributed by atoms with Crippen LogP contribution in [0.4, 0.5) is 0 Å². The van der Waals surface area contributed by atoms with Crippen LogP contribution < -0.4 is 0 Å². The lowest BCUT2D eigenvalue weighted by molar-refractivity contribution is -0.116. The van der Waals surface area contributed by atoms with Gasteiger partial charge in [-0.25, -0.2) is 0 Å². The Morgan fingerprint density at radius 3 is 2.79 bits per heavy atom. The summed E-state index contributed by atoms with van der Waals surface area (Å²) in [6.45, 7) is 7.15. The number of ketones is 1. The fourth-order valence-corrected chi connectivity index (χ4v) is 8.11. The van der Waals surface area contributed by atoms with Gasteiger partial charge in [-0.15, -0.1) is 0 Å². The number of nitrogens with zero attached hydrogens (tertiary/aromatic N) is 1. The first-order valence-corrected chi connectivity index (χ1v) is 10.1. The minimum absolute atomic E-state index is 0.105. The van der Waals surface area contributed by atoms with Gasteiger partial charge < -0.3 is 0 Å². The van der Waals surface area contributed by atoms with Crippen LogP contribution in [-0.2, 0) is 4.79 Å². The predicted molar refractivity (Wildman–Crippen MR) is 92.7 cm³/mol. The maximum Gasteiger partial charge on any atom is 0.155 e. The van der Waals surface area contributed by atoms with Crippen molar-refractivity contribution in [3.63, 3.8) is 0 Å². The number of carbonyl (C=O) groups excluding carboxylic acids is 1. The Morgan fingerprint density at radius 1 is 1.25 bits per heavy atom. The fourth-order valence-electron chi connectivity index (χ4n) is 8.11. The van der Waals surface area contributed by atoms with Gasteiger partial charge in [-0.3, -0.25) is 4.79 Å². The minimum Gasteiger partial charge on any atom is -0.295 e. The Kier molecular flexibility index (Phi) is 2.87. The summed E-state index contributed by atoms with van der Waals surface area (Å²) in [6.07, 6.45) is 8.77. The first-order chi connectivity index (χ1) is 11.4. The second-order valence-electron chi connectivity index (χ2n) is 10.1. The largest absolute Gasteiger partial charge is 0.295 e. The highest BCUT2D eigenvalue weighted by atomic mass is 16.1. The Labute approximate surface area is 145 Å². The number of nitriles is 1. The normalized spacial score (nSPS) is 57.8. The summed E-state index contributed by atoms with van der Waals surface area (Å²) < 4.78 is 0.